The van der Waals surface area contributed by atoms with Crippen LogP contribution >= 0.6 is 27.3 Å². The number of nitrogens with zero attached hydrogens (tertiary/aromatic N) is 4. The first-order valence-electron chi connectivity index (χ1n) is 6.05. The van der Waals surface area contributed by atoms with Crippen LogP contribution in [0.1, 0.15) is 0 Å². The minimum Gasteiger partial charge on any atom is -0.275 e. The maximum atomic E-state index is 4.60. The van der Waals surface area contributed by atoms with Gasteiger partial charge in [0.2, 0.25) is 0 Å². The highest BCUT2D eigenvalue weighted by Crippen LogP contribution is 2.31. The average molecular weight is 345 g/mol. The number of fused-ring (bicyclic) bond motifs is 2. The molecule has 3 aromatic heterocycles. The van der Waals surface area contributed by atoms with Crippen molar-refractivity contribution in [3.8, 4) is 10.6 Å². The van der Waals surface area contributed by atoms with Gasteiger partial charge in [0, 0.05) is 34.9 Å². The molecule has 0 bridgehead atoms. The van der Waals surface area contributed by atoms with Gasteiger partial charge >= 0.3 is 0 Å². The van der Waals surface area contributed by atoms with Crippen LogP contribution in [0.15, 0.2) is 41.1 Å². The third kappa shape index (κ3) is 1.92. The van der Waals surface area contributed by atoms with Crippen LogP contribution in [0, 0.1) is 0 Å². The summed E-state index contributed by atoms with van der Waals surface area (Å²) in [4.78, 5) is 8.93. The summed E-state index contributed by atoms with van der Waals surface area (Å²) >= 11 is 5.09. The van der Waals surface area contributed by atoms with E-state index in [0.29, 0.717) is 0 Å². The Morgan fingerprint density at radius 2 is 2.15 bits per heavy atom. The largest absolute Gasteiger partial charge is 0.275 e. The Labute approximate surface area is 127 Å². The van der Waals surface area contributed by atoms with Crippen molar-refractivity contribution in [2.45, 2.75) is 0 Å². The van der Waals surface area contributed by atoms with Crippen LogP contribution in [-0.4, -0.2) is 19.7 Å². The van der Waals surface area contributed by atoms with Gasteiger partial charge in [-0.25, -0.2) is 9.97 Å². The number of pyridine rings is 1. The maximum Gasteiger partial charge on any atom is 0.171 e. The predicted molar refractivity (Wildman–Crippen MR) is 84.8 cm³/mol. The number of aromatic nitrogens is 4. The highest BCUT2D eigenvalue weighted by molar-refractivity contribution is 9.10. The Balaban J connectivity index is 1.90. The zero-order valence-electron chi connectivity index (χ0n) is 10.5. The molecule has 0 saturated heterocycles. The number of aryl methyl sites for hydroxylation is 1. The second kappa shape index (κ2) is 4.36. The monoisotopic (exact) mass is 344 g/mol. The number of halogens is 1. The fraction of sp³-hybridized carbons (Fsp3) is 0.0714. The van der Waals surface area contributed by atoms with Crippen molar-refractivity contribution in [2.75, 3.05) is 0 Å². The molecule has 0 saturated carbocycles. The molecule has 0 unspecified atom stereocenters. The summed E-state index contributed by atoms with van der Waals surface area (Å²) < 4.78 is 3.88. The van der Waals surface area contributed by atoms with Crippen molar-refractivity contribution in [3.63, 3.8) is 0 Å². The maximum absolute atomic E-state index is 4.60. The SMILES string of the molecule is Cn1cc2cc(-c3nc4ncc(Br)cc4s3)ccc2n1. The molecule has 20 heavy (non-hydrogen) atoms. The van der Waals surface area contributed by atoms with Crippen LogP contribution in [-0.2, 0) is 7.05 Å². The first kappa shape index (κ1) is 12.0. The lowest BCUT2D eigenvalue weighted by atomic mass is 10.2. The molecule has 4 rings (SSSR count). The summed E-state index contributed by atoms with van der Waals surface area (Å²) in [6.45, 7) is 0. The van der Waals surface area contributed by atoms with Gasteiger partial charge in [-0.2, -0.15) is 5.10 Å². The van der Waals surface area contributed by atoms with Crippen molar-refractivity contribution >= 4 is 48.5 Å². The zero-order chi connectivity index (χ0) is 13.7. The second-order valence-electron chi connectivity index (χ2n) is 4.57. The molecular weight excluding hydrogens is 336 g/mol. The van der Waals surface area contributed by atoms with Crippen LogP contribution in [0.5, 0.6) is 0 Å². The van der Waals surface area contributed by atoms with Gasteiger partial charge < -0.3 is 0 Å². The fourth-order valence-electron chi connectivity index (χ4n) is 2.20. The molecule has 0 aliphatic heterocycles. The fourth-order valence-corrected chi connectivity index (χ4v) is 3.64. The lowest BCUT2D eigenvalue weighted by Crippen LogP contribution is -1.84. The Bertz CT molecular complexity index is 941. The smallest absolute Gasteiger partial charge is 0.171 e. The molecule has 0 atom stereocenters. The van der Waals surface area contributed by atoms with Crippen LogP contribution in [0.4, 0.5) is 0 Å². The predicted octanol–water partition coefficient (Wildman–Crippen LogP) is 4.01. The van der Waals surface area contributed by atoms with Crippen molar-refractivity contribution in [1.29, 1.82) is 0 Å². The van der Waals surface area contributed by atoms with Gasteiger partial charge in [-0.1, -0.05) is 0 Å². The van der Waals surface area contributed by atoms with E-state index in [0.717, 1.165) is 36.3 Å². The van der Waals surface area contributed by atoms with Crippen LogP contribution < -0.4 is 0 Å². The van der Waals surface area contributed by atoms with E-state index in [1.165, 1.54) is 0 Å². The first-order chi connectivity index (χ1) is 9.69. The quantitative estimate of drug-likeness (QED) is 0.524. The number of hydrogen-bond acceptors (Lipinski definition) is 4. The summed E-state index contributed by atoms with van der Waals surface area (Å²) in [6, 6.07) is 8.25. The normalized spacial score (nSPS) is 11.5. The molecule has 3 heterocycles. The minimum absolute atomic E-state index is 0.791. The van der Waals surface area contributed by atoms with Gasteiger partial charge in [0.05, 0.1) is 10.2 Å². The van der Waals surface area contributed by atoms with E-state index >= 15 is 0 Å². The Morgan fingerprint density at radius 3 is 3.05 bits per heavy atom. The van der Waals surface area contributed by atoms with Gasteiger partial charge in [0.25, 0.3) is 0 Å². The summed E-state index contributed by atoms with van der Waals surface area (Å²) in [7, 11) is 1.93. The second-order valence-corrected chi connectivity index (χ2v) is 6.52. The summed E-state index contributed by atoms with van der Waals surface area (Å²) in [5.41, 5.74) is 2.89. The third-order valence-corrected chi connectivity index (χ3v) is 4.55. The van der Waals surface area contributed by atoms with Crippen LogP contribution in [0.25, 0.3) is 31.8 Å². The van der Waals surface area contributed by atoms with Gasteiger partial charge in [-0.3, -0.25) is 4.68 Å². The number of hydrogen-bond donors (Lipinski definition) is 0. The Kier molecular flexibility index (Phi) is 2.61. The van der Waals surface area contributed by atoms with E-state index in [1.54, 1.807) is 17.5 Å². The molecule has 98 valence electrons. The van der Waals surface area contributed by atoms with E-state index in [-0.39, 0.29) is 0 Å². The van der Waals surface area contributed by atoms with E-state index in [9.17, 15) is 0 Å². The van der Waals surface area contributed by atoms with Gasteiger partial charge in [-0.15, -0.1) is 11.3 Å². The summed E-state index contributed by atoms with van der Waals surface area (Å²) in [5, 5.41) is 6.49. The summed E-state index contributed by atoms with van der Waals surface area (Å²) in [5.74, 6) is 0. The number of benzene rings is 1. The zero-order valence-corrected chi connectivity index (χ0v) is 12.9. The molecule has 6 heteroatoms. The Morgan fingerprint density at radius 1 is 1.25 bits per heavy atom. The molecule has 0 spiro atoms. The van der Waals surface area contributed by atoms with Crippen LogP contribution in [0.2, 0.25) is 0 Å². The molecule has 0 amide bonds. The molecular formula is C14H9BrN4S. The lowest BCUT2D eigenvalue weighted by molar-refractivity contribution is 0.780. The van der Waals surface area contributed by atoms with Crippen molar-refractivity contribution in [2.24, 2.45) is 7.05 Å². The highest BCUT2D eigenvalue weighted by Gasteiger charge is 2.09. The Hall–Kier alpha value is -1.79. The van der Waals surface area contributed by atoms with E-state index < -0.39 is 0 Å². The van der Waals surface area contributed by atoms with E-state index in [2.05, 4.69) is 43.1 Å². The van der Waals surface area contributed by atoms with Crippen LogP contribution in [0.3, 0.4) is 0 Å². The van der Waals surface area contributed by atoms with Crippen molar-refractivity contribution in [3.05, 3.63) is 41.1 Å². The topological polar surface area (TPSA) is 43.6 Å². The van der Waals surface area contributed by atoms with E-state index in [4.69, 9.17) is 0 Å². The minimum atomic E-state index is 0.791. The molecule has 0 N–H and O–H groups in total. The van der Waals surface area contributed by atoms with Gasteiger partial charge in [-0.05, 0) is 40.2 Å². The highest BCUT2D eigenvalue weighted by atomic mass is 79.9. The molecule has 0 radical (unpaired) electrons. The van der Waals surface area contributed by atoms with E-state index in [1.807, 2.05) is 30.1 Å². The molecule has 1 aromatic carbocycles. The lowest BCUT2D eigenvalue weighted by Gasteiger charge is -1.94. The number of rotatable bonds is 1. The first-order valence-corrected chi connectivity index (χ1v) is 7.66. The molecule has 4 aromatic rings. The molecule has 0 fully saturated rings. The molecule has 4 nitrogen and oxygen atoms in total. The molecule has 0 aliphatic rings. The van der Waals surface area contributed by atoms with Crippen molar-refractivity contribution < 1.29 is 0 Å². The average Bonchev–Trinajstić information content (AvgIpc) is 2.99. The standard InChI is InChI=1S/C14H9BrN4S/c1-19-7-9-4-8(2-3-11(9)18-19)14-17-13-12(20-14)5-10(15)6-16-13/h2-7H,1H3. The third-order valence-electron chi connectivity index (χ3n) is 3.08. The van der Waals surface area contributed by atoms with Gasteiger partial charge in [0.15, 0.2) is 5.65 Å². The number of thiazole rings is 1. The van der Waals surface area contributed by atoms with Crippen molar-refractivity contribution in [1.82, 2.24) is 19.7 Å². The molecule has 0 aliphatic carbocycles. The summed E-state index contributed by atoms with van der Waals surface area (Å²) in [6.07, 6.45) is 3.79. The van der Waals surface area contributed by atoms with Gasteiger partial charge in [0.1, 0.15) is 5.01 Å².